The maximum absolute atomic E-state index is 12.3. The monoisotopic (exact) mass is 604 g/mol. The minimum Gasteiger partial charge on any atom is -0.367 e. The first-order valence-electron chi connectivity index (χ1n) is 13.2. The van der Waals surface area contributed by atoms with E-state index in [0.717, 1.165) is 22.3 Å². The molecule has 204 valence electrons. The van der Waals surface area contributed by atoms with Crippen LogP contribution in [0.25, 0.3) is 0 Å². The molecule has 0 aromatic heterocycles. The number of benzene rings is 5. The van der Waals surface area contributed by atoms with Crippen molar-refractivity contribution in [3.63, 3.8) is 0 Å². The summed E-state index contributed by atoms with van der Waals surface area (Å²) in [7, 11) is 0. The summed E-state index contributed by atoms with van der Waals surface area (Å²) in [5.74, 6) is 0. The van der Waals surface area contributed by atoms with Crippen molar-refractivity contribution in [1.29, 1.82) is 5.41 Å². The summed E-state index contributed by atoms with van der Waals surface area (Å²) in [5, 5.41) is 27.9. The molecule has 0 radical (unpaired) electrons. The number of nitrogens with one attached hydrogen (secondary N) is 3. The van der Waals surface area contributed by atoms with Gasteiger partial charge in [-0.1, -0.05) is 121 Å². The Morgan fingerprint density at radius 2 is 1.20 bits per heavy atom. The molecule has 0 amide bonds. The van der Waals surface area contributed by atoms with Gasteiger partial charge in [0.15, 0.2) is 0 Å². The van der Waals surface area contributed by atoms with E-state index in [1.165, 1.54) is 0 Å². The summed E-state index contributed by atoms with van der Waals surface area (Å²) in [6, 6.07) is 43.2. The third kappa shape index (κ3) is 6.11. The van der Waals surface area contributed by atoms with Crippen molar-refractivity contribution < 1.29 is 4.92 Å². The van der Waals surface area contributed by atoms with Crippen LogP contribution >= 0.6 is 15.9 Å². The smallest absolute Gasteiger partial charge is 0.275 e. The zero-order valence-corrected chi connectivity index (χ0v) is 23.8. The maximum Gasteiger partial charge on any atom is 0.275 e. The van der Waals surface area contributed by atoms with E-state index in [4.69, 9.17) is 5.41 Å². The highest BCUT2D eigenvalue weighted by molar-refractivity contribution is 9.18. The standard InChI is InChI=1S/C34H29BrN4O2/c35-33(36)30-21-26(24-37-23-25-13-5-1-6-14-25)32(39(40)41)22-31(30)38-34(27-15-7-2-8-16-27,28-17-9-3-10-18-28)29-19-11-4-12-20-29/h1-22,36-38H,23-24H2. The van der Waals surface area contributed by atoms with Crippen LogP contribution in [-0.2, 0) is 18.6 Å². The van der Waals surface area contributed by atoms with Gasteiger partial charge in [-0.3, -0.25) is 15.5 Å². The fraction of sp³-hybridized carbons (Fsp3) is 0.0882. The van der Waals surface area contributed by atoms with E-state index in [1.807, 2.05) is 121 Å². The van der Waals surface area contributed by atoms with Crippen molar-refractivity contribution >= 4 is 31.9 Å². The fourth-order valence-electron chi connectivity index (χ4n) is 5.15. The van der Waals surface area contributed by atoms with Gasteiger partial charge in [-0.25, -0.2) is 0 Å². The second-order valence-electron chi connectivity index (χ2n) is 9.66. The lowest BCUT2D eigenvalue weighted by molar-refractivity contribution is -0.385. The number of nitro groups is 1. The number of anilines is 1. The Kier molecular flexibility index (Phi) is 8.67. The minimum absolute atomic E-state index is 0.0198. The summed E-state index contributed by atoms with van der Waals surface area (Å²) >= 11 is 3.36. The number of halogens is 1. The number of hydrogen-bond donors (Lipinski definition) is 3. The summed E-state index contributed by atoms with van der Waals surface area (Å²) in [4.78, 5) is 12.0. The number of hydrogen-bond acceptors (Lipinski definition) is 5. The summed E-state index contributed by atoms with van der Waals surface area (Å²) in [6.07, 6.45) is 0. The zero-order valence-electron chi connectivity index (χ0n) is 22.3. The van der Waals surface area contributed by atoms with Gasteiger partial charge in [0.2, 0.25) is 0 Å². The van der Waals surface area contributed by atoms with Gasteiger partial charge in [-0.2, -0.15) is 0 Å². The van der Waals surface area contributed by atoms with Gasteiger partial charge in [0.25, 0.3) is 5.69 Å². The molecule has 0 aliphatic rings. The van der Waals surface area contributed by atoms with E-state index in [0.29, 0.717) is 23.4 Å². The van der Waals surface area contributed by atoms with E-state index in [1.54, 1.807) is 12.1 Å². The molecule has 5 aromatic rings. The normalized spacial score (nSPS) is 11.1. The van der Waals surface area contributed by atoms with Crippen molar-refractivity contribution in [3.05, 3.63) is 177 Å². The molecular weight excluding hydrogens is 576 g/mol. The van der Waals surface area contributed by atoms with Crippen LogP contribution in [0.5, 0.6) is 0 Å². The minimum atomic E-state index is -0.901. The van der Waals surface area contributed by atoms with Crippen LogP contribution in [0.3, 0.4) is 0 Å². The van der Waals surface area contributed by atoms with E-state index in [-0.39, 0.29) is 21.8 Å². The van der Waals surface area contributed by atoms with Crippen LogP contribution in [0.2, 0.25) is 0 Å². The fourth-order valence-corrected chi connectivity index (χ4v) is 5.48. The first-order valence-corrected chi connectivity index (χ1v) is 14.0. The molecule has 3 N–H and O–H groups in total. The third-order valence-electron chi connectivity index (χ3n) is 7.08. The molecule has 0 heterocycles. The lowest BCUT2D eigenvalue weighted by atomic mass is 9.76. The molecule has 0 atom stereocenters. The van der Waals surface area contributed by atoms with E-state index < -0.39 is 5.54 Å². The van der Waals surface area contributed by atoms with Crippen LogP contribution in [0.1, 0.15) is 33.4 Å². The Morgan fingerprint density at radius 1 is 0.732 bits per heavy atom. The Balaban J connectivity index is 1.65. The molecule has 0 saturated carbocycles. The highest BCUT2D eigenvalue weighted by Gasteiger charge is 2.37. The highest BCUT2D eigenvalue weighted by atomic mass is 79.9. The molecule has 0 spiro atoms. The summed E-state index contributed by atoms with van der Waals surface area (Å²) in [5.41, 5.74) is 4.54. The molecular formula is C34H29BrN4O2. The Labute approximate surface area is 247 Å². The SMILES string of the molecule is N=C(Br)c1cc(CNCc2ccccc2)c([N+](=O)[O-])cc1NC(c1ccccc1)(c1ccccc1)c1ccccc1. The third-order valence-corrected chi connectivity index (χ3v) is 7.51. The van der Waals surface area contributed by atoms with Crippen LogP contribution < -0.4 is 10.6 Å². The predicted molar refractivity (Wildman–Crippen MR) is 169 cm³/mol. The summed E-state index contributed by atoms with van der Waals surface area (Å²) < 4.78 is 0.127. The van der Waals surface area contributed by atoms with Gasteiger partial charge < -0.3 is 10.6 Å². The lowest BCUT2D eigenvalue weighted by Crippen LogP contribution is -2.38. The Morgan fingerprint density at radius 3 is 1.63 bits per heavy atom. The van der Waals surface area contributed by atoms with Gasteiger partial charge in [0.05, 0.1) is 10.6 Å². The molecule has 5 rings (SSSR count). The molecule has 7 heteroatoms. The van der Waals surface area contributed by atoms with Crippen molar-refractivity contribution in [2.75, 3.05) is 5.32 Å². The largest absolute Gasteiger partial charge is 0.367 e. The van der Waals surface area contributed by atoms with Gasteiger partial charge >= 0.3 is 0 Å². The van der Waals surface area contributed by atoms with Crippen LogP contribution in [-0.4, -0.2) is 9.54 Å². The lowest BCUT2D eigenvalue weighted by Gasteiger charge is -2.38. The molecule has 0 bridgehead atoms. The van der Waals surface area contributed by atoms with Gasteiger partial charge in [0.1, 0.15) is 10.2 Å². The average Bonchev–Trinajstić information content (AvgIpc) is 3.01. The topological polar surface area (TPSA) is 91.0 Å². The molecule has 6 nitrogen and oxygen atoms in total. The molecule has 0 aliphatic heterocycles. The molecule has 0 unspecified atom stereocenters. The highest BCUT2D eigenvalue weighted by Crippen LogP contribution is 2.42. The van der Waals surface area contributed by atoms with E-state index in [9.17, 15) is 10.1 Å². The average molecular weight is 606 g/mol. The van der Waals surface area contributed by atoms with Gasteiger partial charge in [-0.05, 0) is 44.3 Å². The van der Waals surface area contributed by atoms with Crippen LogP contribution in [0.4, 0.5) is 11.4 Å². The Bertz CT molecular complexity index is 1530. The van der Waals surface area contributed by atoms with Crippen molar-refractivity contribution in [2.45, 2.75) is 18.6 Å². The van der Waals surface area contributed by atoms with Crippen LogP contribution in [0.15, 0.2) is 133 Å². The maximum atomic E-state index is 12.3. The van der Waals surface area contributed by atoms with E-state index in [2.05, 4.69) is 26.6 Å². The van der Waals surface area contributed by atoms with E-state index >= 15 is 0 Å². The second-order valence-corrected chi connectivity index (χ2v) is 10.5. The molecule has 0 fully saturated rings. The van der Waals surface area contributed by atoms with Crippen molar-refractivity contribution in [1.82, 2.24) is 5.32 Å². The molecule has 0 saturated heterocycles. The Hall–Kier alpha value is -4.59. The zero-order chi connectivity index (χ0) is 28.7. The molecule has 5 aromatic carbocycles. The van der Waals surface area contributed by atoms with Gasteiger partial charge in [-0.15, -0.1) is 0 Å². The van der Waals surface area contributed by atoms with Crippen LogP contribution in [0, 0.1) is 15.5 Å². The number of rotatable bonds is 11. The molecule has 0 aliphatic carbocycles. The summed E-state index contributed by atoms with van der Waals surface area (Å²) in [6.45, 7) is 0.845. The predicted octanol–water partition coefficient (Wildman–Crippen LogP) is 8.01. The number of nitrogens with zero attached hydrogens (tertiary/aromatic N) is 1. The molecule has 41 heavy (non-hydrogen) atoms. The first-order chi connectivity index (χ1) is 20.0. The van der Waals surface area contributed by atoms with Crippen molar-refractivity contribution in [2.24, 2.45) is 0 Å². The van der Waals surface area contributed by atoms with Crippen molar-refractivity contribution in [3.8, 4) is 0 Å². The quantitative estimate of drug-likeness (QED) is 0.0616. The number of nitro benzene ring substituents is 1. The first kappa shape index (κ1) is 28.0. The second kappa shape index (κ2) is 12.7. The van der Waals surface area contributed by atoms with Gasteiger partial charge in [0, 0.05) is 30.3 Å².